The van der Waals surface area contributed by atoms with Crippen LogP contribution in [0.3, 0.4) is 0 Å². The highest BCUT2D eigenvalue weighted by Crippen LogP contribution is 2.45. The van der Waals surface area contributed by atoms with E-state index in [1.165, 1.54) is 0 Å². The van der Waals surface area contributed by atoms with Gasteiger partial charge >= 0.3 is 12.0 Å². The number of carbonyl (C=O) groups is 2. The first-order chi connectivity index (χ1) is 9.45. The largest absolute Gasteiger partial charge is 0.480 e. The summed E-state index contributed by atoms with van der Waals surface area (Å²) in [6, 6.07) is -0.839. The average Bonchev–Trinajstić information content (AvgIpc) is 3.15. The maximum absolute atomic E-state index is 12.5. The van der Waals surface area contributed by atoms with E-state index in [9.17, 15) is 14.7 Å². The van der Waals surface area contributed by atoms with Crippen LogP contribution in [0.1, 0.15) is 40.0 Å². The molecule has 1 heterocycles. The molecule has 4 unspecified atom stereocenters. The summed E-state index contributed by atoms with van der Waals surface area (Å²) in [7, 11) is 0. The number of carboxylic acids is 1. The van der Waals surface area contributed by atoms with Gasteiger partial charge < -0.3 is 10.4 Å². The van der Waals surface area contributed by atoms with Crippen LogP contribution < -0.4 is 5.32 Å². The lowest BCUT2D eigenvalue weighted by atomic mass is 10.0. The van der Waals surface area contributed by atoms with Crippen molar-refractivity contribution in [3.05, 3.63) is 0 Å². The first-order valence-electron chi connectivity index (χ1n) is 7.39. The first-order valence-corrected chi connectivity index (χ1v) is 8.43. The third-order valence-corrected chi connectivity index (χ3v) is 5.89. The molecule has 4 atom stereocenters. The fourth-order valence-electron chi connectivity index (χ4n) is 2.48. The number of rotatable bonds is 5. The minimum absolute atomic E-state index is 0.0419. The molecule has 1 aliphatic heterocycles. The number of thioether (sulfide) groups is 1. The van der Waals surface area contributed by atoms with Crippen molar-refractivity contribution in [3.8, 4) is 0 Å². The third kappa shape index (κ3) is 3.22. The van der Waals surface area contributed by atoms with E-state index < -0.39 is 12.0 Å². The molecule has 0 bridgehead atoms. The average molecular weight is 300 g/mol. The molecule has 0 radical (unpaired) electrons. The summed E-state index contributed by atoms with van der Waals surface area (Å²) in [5.41, 5.74) is 0. The number of hydrogen-bond acceptors (Lipinski definition) is 3. The number of hydrogen-bond donors (Lipinski definition) is 2. The van der Waals surface area contributed by atoms with Gasteiger partial charge in [0.25, 0.3) is 0 Å². The first kappa shape index (κ1) is 15.5. The molecular weight excluding hydrogens is 276 g/mol. The standard InChI is InChI=1S/C14H24N2O3S/c1-4-8(2)9(3)15-14(19)16-11(13(17)18)7-20-12(16)10-5-6-10/h8-12H,4-7H2,1-3H3,(H,15,19)(H,17,18). The fourth-order valence-corrected chi connectivity index (χ4v) is 4.12. The second kappa shape index (κ2) is 6.24. The van der Waals surface area contributed by atoms with Crippen LogP contribution in [0, 0.1) is 11.8 Å². The van der Waals surface area contributed by atoms with Crippen molar-refractivity contribution in [1.29, 1.82) is 0 Å². The summed E-state index contributed by atoms with van der Waals surface area (Å²) in [5.74, 6) is 0.472. The molecule has 0 aromatic rings. The van der Waals surface area contributed by atoms with Gasteiger partial charge in [0.2, 0.25) is 0 Å². The number of carboxylic acid groups (broad SMARTS) is 1. The zero-order chi connectivity index (χ0) is 14.9. The normalized spacial score (nSPS) is 29.1. The number of carbonyl (C=O) groups excluding carboxylic acids is 1. The Morgan fingerprint density at radius 1 is 1.40 bits per heavy atom. The predicted octanol–water partition coefficient (Wildman–Crippen LogP) is 2.37. The second-order valence-electron chi connectivity index (χ2n) is 5.95. The Kier molecular flexibility index (Phi) is 4.83. The van der Waals surface area contributed by atoms with Crippen LogP contribution >= 0.6 is 11.8 Å². The van der Waals surface area contributed by atoms with E-state index in [2.05, 4.69) is 19.2 Å². The molecule has 2 rings (SSSR count). The van der Waals surface area contributed by atoms with Crippen molar-refractivity contribution in [2.75, 3.05) is 5.75 Å². The van der Waals surface area contributed by atoms with E-state index in [0.29, 0.717) is 17.6 Å². The third-order valence-electron chi connectivity index (χ3n) is 4.43. The topological polar surface area (TPSA) is 69.6 Å². The Morgan fingerprint density at radius 3 is 2.55 bits per heavy atom. The Balaban J connectivity index is 2.04. The van der Waals surface area contributed by atoms with Crippen LogP contribution in [0.5, 0.6) is 0 Å². The van der Waals surface area contributed by atoms with Crippen molar-refractivity contribution in [1.82, 2.24) is 10.2 Å². The van der Waals surface area contributed by atoms with Crippen molar-refractivity contribution >= 4 is 23.8 Å². The molecule has 0 spiro atoms. The molecule has 6 heteroatoms. The van der Waals surface area contributed by atoms with Gasteiger partial charge in [0.15, 0.2) is 0 Å². The monoisotopic (exact) mass is 300 g/mol. The molecule has 1 saturated carbocycles. The molecule has 2 aliphatic rings. The molecule has 5 nitrogen and oxygen atoms in total. The van der Waals surface area contributed by atoms with Gasteiger partial charge in [0, 0.05) is 11.8 Å². The molecular formula is C14H24N2O3S. The highest BCUT2D eigenvalue weighted by atomic mass is 32.2. The minimum Gasteiger partial charge on any atom is -0.480 e. The van der Waals surface area contributed by atoms with Gasteiger partial charge in [0.05, 0.1) is 5.37 Å². The lowest BCUT2D eigenvalue weighted by Crippen LogP contribution is -2.53. The fraction of sp³-hybridized carbons (Fsp3) is 0.857. The van der Waals surface area contributed by atoms with E-state index in [1.54, 1.807) is 16.7 Å². The summed E-state index contributed by atoms with van der Waals surface area (Å²) < 4.78 is 0. The predicted molar refractivity (Wildman–Crippen MR) is 79.7 cm³/mol. The highest BCUT2D eigenvalue weighted by molar-refractivity contribution is 8.00. The molecule has 0 aromatic heterocycles. The van der Waals surface area contributed by atoms with E-state index >= 15 is 0 Å². The van der Waals surface area contributed by atoms with E-state index in [-0.39, 0.29) is 17.4 Å². The summed E-state index contributed by atoms with van der Waals surface area (Å²) in [4.78, 5) is 25.4. The molecule has 2 fully saturated rings. The smallest absolute Gasteiger partial charge is 0.327 e. The van der Waals surface area contributed by atoms with Gasteiger partial charge in [-0.15, -0.1) is 11.8 Å². The van der Waals surface area contributed by atoms with Crippen molar-refractivity contribution < 1.29 is 14.7 Å². The summed E-state index contributed by atoms with van der Waals surface area (Å²) >= 11 is 1.61. The van der Waals surface area contributed by atoms with Gasteiger partial charge in [-0.25, -0.2) is 9.59 Å². The number of amides is 2. The van der Waals surface area contributed by atoms with Gasteiger partial charge in [-0.1, -0.05) is 20.3 Å². The van der Waals surface area contributed by atoms with E-state index in [1.807, 2.05) is 6.92 Å². The minimum atomic E-state index is -0.896. The highest BCUT2D eigenvalue weighted by Gasteiger charge is 2.48. The van der Waals surface area contributed by atoms with Crippen molar-refractivity contribution in [3.63, 3.8) is 0 Å². The Labute approximate surface area is 124 Å². The molecule has 2 N–H and O–H groups in total. The quantitative estimate of drug-likeness (QED) is 0.818. The lowest BCUT2D eigenvalue weighted by Gasteiger charge is -2.30. The molecule has 114 valence electrons. The summed E-state index contributed by atoms with van der Waals surface area (Å²) in [6.07, 6.45) is 3.20. The number of urea groups is 1. The number of nitrogens with one attached hydrogen (secondary N) is 1. The maximum atomic E-state index is 12.5. The molecule has 20 heavy (non-hydrogen) atoms. The lowest BCUT2D eigenvalue weighted by molar-refractivity contribution is -0.141. The van der Waals surface area contributed by atoms with Crippen LogP contribution in [0.4, 0.5) is 4.79 Å². The van der Waals surface area contributed by atoms with Crippen LogP contribution in [0.2, 0.25) is 0 Å². The molecule has 1 aliphatic carbocycles. The molecule has 1 saturated heterocycles. The molecule has 0 aromatic carbocycles. The van der Waals surface area contributed by atoms with Gasteiger partial charge in [-0.2, -0.15) is 0 Å². The maximum Gasteiger partial charge on any atom is 0.327 e. The van der Waals surface area contributed by atoms with Crippen LogP contribution in [0.15, 0.2) is 0 Å². The Morgan fingerprint density at radius 2 is 2.05 bits per heavy atom. The molecule has 2 amide bonds. The van der Waals surface area contributed by atoms with Gasteiger partial charge in [0.1, 0.15) is 6.04 Å². The number of nitrogens with zero attached hydrogens (tertiary/aromatic N) is 1. The zero-order valence-corrected chi connectivity index (χ0v) is 13.2. The van der Waals surface area contributed by atoms with Crippen molar-refractivity contribution in [2.45, 2.75) is 57.5 Å². The number of aliphatic carboxylic acids is 1. The van der Waals surface area contributed by atoms with Gasteiger partial charge in [-0.3, -0.25) is 4.90 Å². The SMILES string of the molecule is CCC(C)C(C)NC(=O)N1C(C(=O)O)CSC1C1CC1. The van der Waals surface area contributed by atoms with Crippen LogP contribution in [-0.4, -0.2) is 45.2 Å². The Hall–Kier alpha value is -0.910. The van der Waals surface area contributed by atoms with Crippen molar-refractivity contribution in [2.24, 2.45) is 11.8 Å². The van der Waals surface area contributed by atoms with Gasteiger partial charge in [-0.05, 0) is 31.6 Å². The summed E-state index contributed by atoms with van der Waals surface area (Å²) in [6.45, 7) is 6.17. The van der Waals surface area contributed by atoms with E-state index in [4.69, 9.17) is 0 Å². The van der Waals surface area contributed by atoms with Crippen LogP contribution in [-0.2, 0) is 4.79 Å². The van der Waals surface area contributed by atoms with E-state index in [0.717, 1.165) is 19.3 Å². The Bertz CT molecular complexity index is 387. The summed E-state index contributed by atoms with van der Waals surface area (Å²) in [5, 5.41) is 12.3. The van der Waals surface area contributed by atoms with Crippen LogP contribution in [0.25, 0.3) is 0 Å². The second-order valence-corrected chi connectivity index (χ2v) is 7.10. The zero-order valence-electron chi connectivity index (χ0n) is 12.3.